The first kappa shape index (κ1) is 15.1. The monoisotopic (exact) mass is 321 g/mol. The molecule has 0 unspecified atom stereocenters. The predicted molar refractivity (Wildman–Crippen MR) is 82.7 cm³/mol. The van der Waals surface area contributed by atoms with Crippen LogP contribution >= 0.6 is 11.8 Å². The van der Waals surface area contributed by atoms with Crippen molar-refractivity contribution < 1.29 is 18.7 Å². The quantitative estimate of drug-likeness (QED) is 0.633. The Bertz CT molecular complexity index is 671. The molecule has 1 aromatic rings. The number of thioether (sulfide) groups is 1. The molecule has 0 saturated heterocycles. The molecule has 1 aliphatic heterocycles. The van der Waals surface area contributed by atoms with Crippen molar-refractivity contribution in [3.63, 3.8) is 0 Å². The first-order valence-corrected chi connectivity index (χ1v) is 8.33. The number of rotatable bonds is 3. The van der Waals surface area contributed by atoms with Crippen LogP contribution in [0.1, 0.15) is 25.7 Å². The standard InChI is InChI=1S/C16H16FNO3S/c1-21-13-8-12(11(17)7-14(13)22-2)18-15(19)9-5-3-4-6-10(9)16(18)20/h7-8H,3-6H2,1-2H3. The molecule has 1 heterocycles. The number of hydrogen-bond acceptors (Lipinski definition) is 4. The summed E-state index contributed by atoms with van der Waals surface area (Å²) in [5.74, 6) is -0.920. The van der Waals surface area contributed by atoms with E-state index in [1.165, 1.54) is 31.0 Å². The Kier molecular flexibility index (Phi) is 3.95. The zero-order valence-electron chi connectivity index (χ0n) is 12.4. The maximum atomic E-state index is 14.4. The number of imide groups is 1. The number of halogens is 1. The normalized spacial score (nSPS) is 18.0. The summed E-state index contributed by atoms with van der Waals surface area (Å²) in [5, 5.41) is 0. The van der Waals surface area contributed by atoms with Crippen LogP contribution in [-0.4, -0.2) is 25.2 Å². The number of ether oxygens (including phenoxy) is 1. The van der Waals surface area contributed by atoms with E-state index in [9.17, 15) is 14.0 Å². The minimum absolute atomic E-state index is 0.0287. The molecule has 0 radical (unpaired) electrons. The summed E-state index contributed by atoms with van der Waals surface area (Å²) in [4.78, 5) is 26.6. The van der Waals surface area contributed by atoms with Gasteiger partial charge in [0.25, 0.3) is 11.8 Å². The Morgan fingerprint density at radius 1 is 1.14 bits per heavy atom. The summed E-state index contributed by atoms with van der Waals surface area (Å²) in [6.07, 6.45) is 4.78. The second-order valence-electron chi connectivity index (χ2n) is 5.27. The Balaban J connectivity index is 2.06. The number of hydrogen-bond donors (Lipinski definition) is 0. The van der Waals surface area contributed by atoms with Gasteiger partial charge in [-0.1, -0.05) is 0 Å². The van der Waals surface area contributed by atoms with E-state index in [1.807, 2.05) is 6.26 Å². The van der Waals surface area contributed by atoms with Crippen molar-refractivity contribution in [1.82, 2.24) is 0 Å². The van der Waals surface area contributed by atoms with Crippen molar-refractivity contribution in [3.8, 4) is 5.75 Å². The molecule has 0 bridgehead atoms. The van der Waals surface area contributed by atoms with Gasteiger partial charge in [0.15, 0.2) is 0 Å². The van der Waals surface area contributed by atoms with Crippen molar-refractivity contribution in [2.24, 2.45) is 0 Å². The van der Waals surface area contributed by atoms with Crippen LogP contribution in [0.4, 0.5) is 10.1 Å². The second kappa shape index (κ2) is 5.76. The highest BCUT2D eigenvalue weighted by Crippen LogP contribution is 2.39. The van der Waals surface area contributed by atoms with Crippen LogP contribution in [0.5, 0.6) is 5.75 Å². The van der Waals surface area contributed by atoms with E-state index in [0.29, 0.717) is 34.6 Å². The lowest BCUT2D eigenvalue weighted by molar-refractivity contribution is -0.120. The van der Waals surface area contributed by atoms with Crippen molar-refractivity contribution in [1.29, 1.82) is 0 Å². The van der Waals surface area contributed by atoms with Gasteiger partial charge in [0.05, 0.1) is 17.7 Å². The number of carbonyl (C=O) groups is 2. The lowest BCUT2D eigenvalue weighted by atomic mass is 9.93. The van der Waals surface area contributed by atoms with Gasteiger partial charge in [0.2, 0.25) is 0 Å². The molecule has 4 nitrogen and oxygen atoms in total. The smallest absolute Gasteiger partial charge is 0.261 e. The van der Waals surface area contributed by atoms with E-state index in [1.54, 1.807) is 0 Å². The van der Waals surface area contributed by atoms with Gasteiger partial charge < -0.3 is 4.74 Å². The topological polar surface area (TPSA) is 46.6 Å². The average molecular weight is 321 g/mol. The number of amides is 2. The molecule has 3 rings (SSSR count). The fourth-order valence-corrected chi connectivity index (χ4v) is 3.54. The summed E-state index contributed by atoms with van der Waals surface area (Å²) in [7, 11) is 1.48. The zero-order valence-corrected chi connectivity index (χ0v) is 13.3. The third-order valence-electron chi connectivity index (χ3n) is 4.08. The molecule has 0 saturated carbocycles. The molecule has 6 heteroatoms. The van der Waals surface area contributed by atoms with E-state index in [2.05, 4.69) is 0 Å². The Labute approximate surface area is 132 Å². The van der Waals surface area contributed by atoms with Gasteiger partial charge >= 0.3 is 0 Å². The third kappa shape index (κ3) is 2.22. The van der Waals surface area contributed by atoms with Crippen LogP contribution in [0.25, 0.3) is 0 Å². The highest BCUT2D eigenvalue weighted by Gasteiger charge is 2.41. The van der Waals surface area contributed by atoms with Gasteiger partial charge in [0, 0.05) is 17.2 Å². The van der Waals surface area contributed by atoms with Crippen LogP contribution in [-0.2, 0) is 9.59 Å². The molecular formula is C16H16FNO3S. The predicted octanol–water partition coefficient (Wildman–Crippen LogP) is 3.30. The molecular weight excluding hydrogens is 305 g/mol. The molecule has 0 N–H and O–H groups in total. The minimum Gasteiger partial charge on any atom is -0.496 e. The van der Waals surface area contributed by atoms with E-state index in [4.69, 9.17) is 4.74 Å². The fraction of sp³-hybridized carbons (Fsp3) is 0.375. The third-order valence-corrected chi connectivity index (χ3v) is 4.84. The fourth-order valence-electron chi connectivity index (χ4n) is 2.97. The molecule has 0 aromatic heterocycles. The minimum atomic E-state index is -0.591. The molecule has 116 valence electrons. The average Bonchev–Trinajstić information content (AvgIpc) is 2.79. The van der Waals surface area contributed by atoms with Crippen LogP contribution in [0, 0.1) is 5.82 Å². The first-order chi connectivity index (χ1) is 10.6. The molecule has 2 aliphatic rings. The summed E-state index contributed by atoms with van der Waals surface area (Å²) in [5.41, 5.74) is 1.06. The van der Waals surface area contributed by atoms with E-state index in [-0.39, 0.29) is 5.69 Å². The number of benzene rings is 1. The molecule has 1 aliphatic carbocycles. The summed E-state index contributed by atoms with van der Waals surface area (Å²) in [6, 6.07) is 2.73. The van der Waals surface area contributed by atoms with Gasteiger partial charge in [-0.05, 0) is 38.0 Å². The van der Waals surface area contributed by atoms with Crippen molar-refractivity contribution in [3.05, 3.63) is 29.1 Å². The Morgan fingerprint density at radius 3 is 2.23 bits per heavy atom. The van der Waals surface area contributed by atoms with Gasteiger partial charge in [-0.2, -0.15) is 0 Å². The number of nitrogens with zero attached hydrogens (tertiary/aromatic N) is 1. The Hall–Kier alpha value is -1.82. The first-order valence-electron chi connectivity index (χ1n) is 7.10. The van der Waals surface area contributed by atoms with Crippen molar-refractivity contribution >= 4 is 29.3 Å². The molecule has 0 fully saturated rings. The van der Waals surface area contributed by atoms with Gasteiger partial charge in [-0.25, -0.2) is 9.29 Å². The van der Waals surface area contributed by atoms with Gasteiger partial charge in [-0.3, -0.25) is 9.59 Å². The van der Waals surface area contributed by atoms with E-state index in [0.717, 1.165) is 17.7 Å². The molecule has 22 heavy (non-hydrogen) atoms. The molecule has 0 spiro atoms. The lowest BCUT2D eigenvalue weighted by Gasteiger charge is -2.18. The molecule has 1 aromatic carbocycles. The largest absolute Gasteiger partial charge is 0.496 e. The SMILES string of the molecule is COc1cc(N2C(=O)C3=C(CCCC3)C2=O)c(F)cc1SC. The van der Waals surface area contributed by atoms with Crippen LogP contribution < -0.4 is 9.64 Å². The lowest BCUT2D eigenvalue weighted by Crippen LogP contribution is -2.32. The Morgan fingerprint density at radius 2 is 1.73 bits per heavy atom. The van der Waals surface area contributed by atoms with Gasteiger partial charge in [0.1, 0.15) is 11.6 Å². The maximum absolute atomic E-state index is 14.4. The maximum Gasteiger partial charge on any atom is 0.261 e. The van der Waals surface area contributed by atoms with Crippen molar-refractivity contribution in [2.45, 2.75) is 30.6 Å². The highest BCUT2D eigenvalue weighted by molar-refractivity contribution is 7.98. The van der Waals surface area contributed by atoms with E-state index < -0.39 is 17.6 Å². The zero-order chi connectivity index (χ0) is 15.9. The van der Waals surface area contributed by atoms with Crippen LogP contribution in [0.2, 0.25) is 0 Å². The van der Waals surface area contributed by atoms with Gasteiger partial charge in [-0.15, -0.1) is 11.8 Å². The summed E-state index contributed by atoms with van der Waals surface area (Å²) < 4.78 is 19.6. The van der Waals surface area contributed by atoms with Crippen molar-refractivity contribution in [2.75, 3.05) is 18.3 Å². The number of methoxy groups -OCH3 is 1. The number of anilines is 1. The second-order valence-corrected chi connectivity index (χ2v) is 6.12. The van der Waals surface area contributed by atoms with Crippen LogP contribution in [0.15, 0.2) is 28.2 Å². The molecule has 2 amide bonds. The van der Waals surface area contributed by atoms with E-state index >= 15 is 0 Å². The number of carbonyl (C=O) groups excluding carboxylic acids is 2. The summed E-state index contributed by atoms with van der Waals surface area (Å²) >= 11 is 1.34. The van der Waals surface area contributed by atoms with Crippen LogP contribution in [0.3, 0.4) is 0 Å². The highest BCUT2D eigenvalue weighted by atomic mass is 32.2. The summed E-state index contributed by atoms with van der Waals surface area (Å²) in [6.45, 7) is 0. The molecule has 0 atom stereocenters.